The van der Waals surface area contributed by atoms with Gasteiger partial charge in [0.1, 0.15) is 0 Å². The molecule has 0 spiro atoms. The molecular weight excluding hydrogens is 314 g/mol. The predicted molar refractivity (Wildman–Crippen MR) is 69.6 cm³/mol. The Kier molecular flexibility index (Phi) is 4.40. The molecule has 1 heterocycles. The minimum absolute atomic E-state index is 0.247. The monoisotopic (exact) mass is 333 g/mol. The van der Waals surface area contributed by atoms with Gasteiger partial charge in [0.05, 0.1) is 0 Å². The molecule has 0 aromatic carbocycles. The van der Waals surface area contributed by atoms with Crippen molar-refractivity contribution in [3.05, 3.63) is 12.3 Å². The first kappa shape index (κ1) is 17.1. The average molecular weight is 335 g/mol. The van der Waals surface area contributed by atoms with Gasteiger partial charge in [0.15, 0.2) is 0 Å². The van der Waals surface area contributed by atoms with Crippen LogP contribution in [0.4, 0.5) is 4.79 Å². The van der Waals surface area contributed by atoms with E-state index in [1.54, 1.807) is 6.92 Å². The van der Waals surface area contributed by atoms with Gasteiger partial charge in [-0.05, 0) is 0 Å². The fraction of sp³-hybridized carbons (Fsp3) is 0.615. The molecular formula is C13H21N2O4Zn+. The van der Waals surface area contributed by atoms with Gasteiger partial charge < -0.3 is 0 Å². The standard InChI is InChI=1S/C13H21N2O4.Zn/c1-8-10(16)18-19-11(17)15(14-12(3,4)5)9(2)13(15,6)7;/h14H,2H2,1,3-7H3;/q+1;. The van der Waals surface area contributed by atoms with Crippen LogP contribution in [0.25, 0.3) is 0 Å². The van der Waals surface area contributed by atoms with Gasteiger partial charge in [-0.1, -0.05) is 0 Å². The fourth-order valence-corrected chi connectivity index (χ4v) is 2.08. The normalized spacial score (nSPS) is 24.1. The second-order valence-corrected chi connectivity index (χ2v) is 8.76. The fourth-order valence-electron chi connectivity index (χ4n) is 1.96. The van der Waals surface area contributed by atoms with Gasteiger partial charge >= 0.3 is 128 Å². The second-order valence-electron chi connectivity index (χ2n) is 6.54. The maximum absolute atomic E-state index is 12.3. The quantitative estimate of drug-likeness (QED) is 0.274. The summed E-state index contributed by atoms with van der Waals surface area (Å²) in [6.45, 7) is 15.1. The Morgan fingerprint density at radius 1 is 1.30 bits per heavy atom. The molecule has 1 aliphatic rings. The number of hydrogen-bond acceptors (Lipinski definition) is 5. The van der Waals surface area contributed by atoms with E-state index >= 15 is 0 Å². The molecule has 0 aromatic rings. The van der Waals surface area contributed by atoms with Gasteiger partial charge in [-0.3, -0.25) is 0 Å². The van der Waals surface area contributed by atoms with Crippen LogP contribution in [0.1, 0.15) is 41.5 Å². The summed E-state index contributed by atoms with van der Waals surface area (Å²) < 4.78 is 0.278. The van der Waals surface area contributed by atoms with Crippen molar-refractivity contribution in [1.29, 1.82) is 0 Å². The van der Waals surface area contributed by atoms with Crippen molar-refractivity contribution in [1.82, 2.24) is 5.43 Å². The van der Waals surface area contributed by atoms with Crippen molar-refractivity contribution < 1.29 is 41.8 Å². The van der Waals surface area contributed by atoms with Crippen LogP contribution in [0.15, 0.2) is 12.3 Å². The summed E-state index contributed by atoms with van der Waals surface area (Å²) in [4.78, 5) is 32.9. The summed E-state index contributed by atoms with van der Waals surface area (Å²) in [6, 6.07) is 0. The molecule has 108 valence electrons. The summed E-state index contributed by atoms with van der Waals surface area (Å²) in [6.07, 6.45) is -0.690. The van der Waals surface area contributed by atoms with E-state index in [-0.39, 0.29) is 10.1 Å². The van der Waals surface area contributed by atoms with Gasteiger partial charge in [0, 0.05) is 0 Å². The van der Waals surface area contributed by atoms with E-state index in [9.17, 15) is 9.59 Å². The van der Waals surface area contributed by atoms with Crippen LogP contribution in [0.3, 0.4) is 0 Å². The Bertz CT molecular complexity index is 493. The van der Waals surface area contributed by atoms with Crippen molar-refractivity contribution in [2.24, 2.45) is 0 Å². The van der Waals surface area contributed by atoms with Gasteiger partial charge in [0.25, 0.3) is 0 Å². The number of nitrogens with zero attached hydrogens (tertiary/aromatic N) is 1. The number of nitrogens with one attached hydrogen (secondary N) is 1. The van der Waals surface area contributed by atoms with Gasteiger partial charge in [-0.15, -0.1) is 0 Å². The first-order valence-electron chi connectivity index (χ1n) is 6.33. The van der Waals surface area contributed by atoms with Crippen LogP contribution in [0.2, 0.25) is 0 Å². The molecule has 1 fully saturated rings. The average Bonchev–Trinajstić information content (AvgIpc) is 2.69. The van der Waals surface area contributed by atoms with E-state index in [1.807, 2.05) is 34.6 Å². The molecule has 1 aliphatic heterocycles. The van der Waals surface area contributed by atoms with E-state index in [0.29, 0.717) is 27.7 Å². The van der Waals surface area contributed by atoms with Crippen molar-refractivity contribution in [2.45, 2.75) is 52.6 Å². The van der Waals surface area contributed by atoms with E-state index < -0.39 is 17.6 Å². The summed E-state index contributed by atoms with van der Waals surface area (Å²) in [7, 11) is 0. The van der Waals surface area contributed by atoms with Crippen molar-refractivity contribution in [3.63, 3.8) is 0 Å². The molecule has 1 rings (SSSR count). The molecule has 20 heavy (non-hydrogen) atoms. The van der Waals surface area contributed by atoms with E-state index in [0.717, 1.165) is 0 Å². The molecule has 1 N–H and O–H groups in total. The third kappa shape index (κ3) is 2.90. The van der Waals surface area contributed by atoms with Gasteiger partial charge in [-0.25, -0.2) is 0 Å². The third-order valence-electron chi connectivity index (χ3n) is 3.21. The van der Waals surface area contributed by atoms with Crippen LogP contribution < -0.4 is 5.43 Å². The van der Waals surface area contributed by atoms with Crippen LogP contribution >= 0.6 is 0 Å². The van der Waals surface area contributed by atoms with E-state index in [4.69, 9.17) is 4.89 Å². The zero-order valence-corrected chi connectivity index (χ0v) is 16.0. The molecule has 1 unspecified atom stereocenters. The van der Waals surface area contributed by atoms with Crippen molar-refractivity contribution in [3.8, 4) is 0 Å². The molecule has 0 aliphatic carbocycles. The minimum atomic E-state index is -0.690. The number of carbonyl (C=O) groups excluding carboxylic acids is 2. The molecule has 0 aromatic heterocycles. The maximum atomic E-state index is 12.3. The molecule has 1 atom stereocenters. The van der Waals surface area contributed by atoms with Gasteiger partial charge in [0.2, 0.25) is 0 Å². The van der Waals surface area contributed by atoms with Crippen LogP contribution in [0, 0.1) is 0 Å². The Hall–Kier alpha value is -0.907. The SMILES string of the molecule is C=C1C(C)(C)[N+]1(NC(C)(C)C)C(=O)OOC(=O)[C](C)=[Zn]. The van der Waals surface area contributed by atoms with E-state index in [1.165, 1.54) is 0 Å². The van der Waals surface area contributed by atoms with Crippen LogP contribution in [0.5, 0.6) is 0 Å². The first-order valence-corrected chi connectivity index (χ1v) is 7.82. The molecule has 6 nitrogen and oxygen atoms in total. The summed E-state index contributed by atoms with van der Waals surface area (Å²) in [5, 5.41) is 0. The molecule has 1 amide bonds. The zero-order valence-electron chi connectivity index (χ0n) is 13.0. The van der Waals surface area contributed by atoms with Crippen LogP contribution in [-0.4, -0.2) is 31.8 Å². The number of quaternary nitrogens is 1. The predicted octanol–water partition coefficient (Wildman–Crippen LogP) is 1.75. The molecule has 0 bridgehead atoms. The number of amides is 1. The van der Waals surface area contributed by atoms with Crippen molar-refractivity contribution >= 4 is 16.2 Å². The van der Waals surface area contributed by atoms with Gasteiger partial charge in [-0.2, -0.15) is 0 Å². The first-order chi connectivity index (χ1) is 8.86. The Morgan fingerprint density at radius 2 is 1.75 bits per heavy atom. The second kappa shape index (κ2) is 5.13. The third-order valence-corrected chi connectivity index (χ3v) is 3.82. The van der Waals surface area contributed by atoms with Crippen LogP contribution in [-0.2, 0) is 32.4 Å². The molecule has 7 heteroatoms. The molecule has 1 saturated heterocycles. The molecule has 0 saturated carbocycles. The summed E-state index contributed by atoms with van der Waals surface area (Å²) >= 11 is 0.662. The summed E-state index contributed by atoms with van der Waals surface area (Å²) in [5.41, 5.74) is 3.00. The van der Waals surface area contributed by atoms with E-state index in [2.05, 4.69) is 16.9 Å². The Labute approximate surface area is 128 Å². The molecule has 0 radical (unpaired) electrons. The number of rotatable bonds is 2. The Balaban J connectivity index is 2.88. The number of hydrogen-bond donors (Lipinski definition) is 1. The topological polar surface area (TPSA) is 64.6 Å². The zero-order chi connectivity index (χ0) is 15.9. The number of carbonyl (C=O) groups is 2. The summed E-state index contributed by atoms with van der Waals surface area (Å²) in [5.74, 6) is -0.613. The van der Waals surface area contributed by atoms with Crippen molar-refractivity contribution in [2.75, 3.05) is 0 Å². The Morgan fingerprint density at radius 3 is 2.05 bits per heavy atom.